The summed E-state index contributed by atoms with van der Waals surface area (Å²) in [6.45, 7) is 3.01. The average Bonchev–Trinajstić information content (AvgIpc) is 2.88. The van der Waals surface area contributed by atoms with Crippen molar-refractivity contribution in [2.45, 2.75) is 76.4 Å². The van der Waals surface area contributed by atoms with E-state index in [9.17, 15) is 26.3 Å². The van der Waals surface area contributed by atoms with Gasteiger partial charge in [0.2, 0.25) is 0 Å². The SMILES string of the molecule is CCCC1CCC(C2CCC(c3ccc(C(F)(F)Oc4ccc(OC=C(F)F)c(F)c4)c(F)c3)CC2)OC1. The van der Waals surface area contributed by atoms with Crippen LogP contribution in [0, 0.1) is 23.5 Å². The fourth-order valence-electron chi connectivity index (χ4n) is 5.63. The van der Waals surface area contributed by atoms with Gasteiger partial charge in [-0.15, -0.1) is 0 Å². The van der Waals surface area contributed by atoms with Crippen LogP contribution in [-0.2, 0) is 10.8 Å². The standard InChI is InChI=1S/C29H32F6O3/c1-2-3-18-4-12-26(36-16-18)20-7-5-19(6-8-20)21-9-11-23(24(30)14-21)29(34,35)38-22-10-13-27(25(31)15-22)37-17-28(32)33/h9-11,13-15,17-20,26H,2-8,12,16H2,1H3. The van der Waals surface area contributed by atoms with Crippen LogP contribution in [0.15, 0.2) is 48.7 Å². The molecule has 1 aliphatic heterocycles. The summed E-state index contributed by atoms with van der Waals surface area (Å²) >= 11 is 0. The Morgan fingerprint density at radius 1 is 0.974 bits per heavy atom. The minimum absolute atomic E-state index is 0.0172. The van der Waals surface area contributed by atoms with Crippen molar-refractivity contribution in [1.29, 1.82) is 0 Å². The Labute approximate surface area is 218 Å². The van der Waals surface area contributed by atoms with Gasteiger partial charge in [-0.05, 0) is 92.5 Å². The van der Waals surface area contributed by atoms with Gasteiger partial charge in [-0.2, -0.15) is 17.6 Å². The van der Waals surface area contributed by atoms with E-state index < -0.39 is 40.9 Å². The zero-order chi connectivity index (χ0) is 27.3. The van der Waals surface area contributed by atoms with E-state index in [0.717, 1.165) is 63.0 Å². The van der Waals surface area contributed by atoms with Crippen molar-refractivity contribution in [2.75, 3.05) is 6.61 Å². The summed E-state index contributed by atoms with van der Waals surface area (Å²) in [7, 11) is 0. The molecule has 2 fully saturated rings. The van der Waals surface area contributed by atoms with Crippen LogP contribution in [0.1, 0.15) is 75.3 Å². The minimum Gasteiger partial charge on any atom is -0.456 e. The van der Waals surface area contributed by atoms with Crippen molar-refractivity contribution in [3.63, 3.8) is 0 Å². The molecular formula is C29H32F6O3. The van der Waals surface area contributed by atoms with Gasteiger partial charge in [-0.25, -0.2) is 8.78 Å². The number of hydrogen-bond donors (Lipinski definition) is 0. The fraction of sp³-hybridized carbons (Fsp3) is 0.517. The van der Waals surface area contributed by atoms with Gasteiger partial charge in [0.15, 0.2) is 17.8 Å². The first-order valence-electron chi connectivity index (χ1n) is 13.1. The predicted octanol–water partition coefficient (Wildman–Crippen LogP) is 9.08. The smallest absolute Gasteiger partial charge is 0.429 e. The highest BCUT2D eigenvalue weighted by molar-refractivity contribution is 5.35. The molecule has 4 rings (SSSR count). The molecule has 2 unspecified atom stereocenters. The van der Waals surface area contributed by atoms with Gasteiger partial charge >= 0.3 is 12.2 Å². The molecule has 0 bridgehead atoms. The molecule has 1 saturated heterocycles. The maximum atomic E-state index is 14.8. The van der Waals surface area contributed by atoms with E-state index in [1.807, 2.05) is 0 Å². The van der Waals surface area contributed by atoms with Gasteiger partial charge in [-0.1, -0.05) is 19.4 Å². The lowest BCUT2D eigenvalue weighted by atomic mass is 9.75. The second-order valence-corrected chi connectivity index (χ2v) is 10.2. The molecule has 1 aliphatic carbocycles. The third kappa shape index (κ3) is 7.04. The molecule has 2 aliphatic rings. The van der Waals surface area contributed by atoms with Gasteiger partial charge in [0.05, 0.1) is 11.7 Å². The van der Waals surface area contributed by atoms with E-state index in [0.29, 0.717) is 23.5 Å². The quantitative estimate of drug-likeness (QED) is 0.234. The minimum atomic E-state index is -4.09. The van der Waals surface area contributed by atoms with Gasteiger partial charge in [0.1, 0.15) is 11.6 Å². The van der Waals surface area contributed by atoms with Crippen LogP contribution in [0.2, 0.25) is 0 Å². The molecule has 0 spiro atoms. The maximum Gasteiger partial charge on any atom is 0.429 e. The summed E-state index contributed by atoms with van der Waals surface area (Å²) in [6.07, 6.45) is 2.23. The molecule has 3 nitrogen and oxygen atoms in total. The highest BCUT2D eigenvalue weighted by Crippen LogP contribution is 2.42. The molecule has 1 saturated carbocycles. The summed E-state index contributed by atoms with van der Waals surface area (Å²) in [5, 5.41) is 0. The zero-order valence-electron chi connectivity index (χ0n) is 21.2. The molecule has 9 heteroatoms. The molecule has 1 heterocycles. The number of alkyl halides is 2. The van der Waals surface area contributed by atoms with Gasteiger partial charge < -0.3 is 14.2 Å². The normalized spacial score (nSPS) is 24.1. The van der Waals surface area contributed by atoms with E-state index in [-0.39, 0.29) is 18.3 Å². The summed E-state index contributed by atoms with van der Waals surface area (Å²) < 4.78 is 97.7. The van der Waals surface area contributed by atoms with Crippen LogP contribution in [0.3, 0.4) is 0 Å². The molecular weight excluding hydrogens is 510 g/mol. The average molecular weight is 543 g/mol. The number of hydrogen-bond acceptors (Lipinski definition) is 3. The second kappa shape index (κ2) is 12.5. The molecule has 38 heavy (non-hydrogen) atoms. The highest BCUT2D eigenvalue weighted by atomic mass is 19.3. The molecule has 2 atom stereocenters. The Morgan fingerprint density at radius 3 is 2.34 bits per heavy atom. The zero-order valence-corrected chi connectivity index (χ0v) is 21.2. The van der Waals surface area contributed by atoms with Crippen LogP contribution in [0.25, 0.3) is 0 Å². The molecule has 0 aromatic heterocycles. The fourth-order valence-corrected chi connectivity index (χ4v) is 5.63. The lowest BCUT2D eigenvalue weighted by molar-refractivity contribution is -0.187. The van der Waals surface area contributed by atoms with E-state index in [1.54, 1.807) is 0 Å². The van der Waals surface area contributed by atoms with Crippen LogP contribution in [-0.4, -0.2) is 12.7 Å². The largest absolute Gasteiger partial charge is 0.456 e. The number of halogens is 6. The van der Waals surface area contributed by atoms with Gasteiger partial charge in [-0.3, -0.25) is 0 Å². The van der Waals surface area contributed by atoms with E-state index >= 15 is 0 Å². The summed E-state index contributed by atoms with van der Waals surface area (Å²) in [5.74, 6) is -2.32. The lowest BCUT2D eigenvalue weighted by Gasteiger charge is -2.38. The van der Waals surface area contributed by atoms with Crippen LogP contribution in [0.5, 0.6) is 11.5 Å². The molecule has 2 aromatic carbocycles. The number of rotatable bonds is 9. The molecule has 0 radical (unpaired) electrons. The van der Waals surface area contributed by atoms with E-state index in [4.69, 9.17) is 4.74 Å². The van der Waals surface area contributed by atoms with Crippen molar-refractivity contribution in [3.05, 3.63) is 71.5 Å². The summed E-state index contributed by atoms with van der Waals surface area (Å²) in [4.78, 5) is 0. The van der Waals surface area contributed by atoms with Crippen molar-refractivity contribution >= 4 is 0 Å². The van der Waals surface area contributed by atoms with E-state index in [1.165, 1.54) is 25.3 Å². The lowest BCUT2D eigenvalue weighted by Crippen LogP contribution is -2.34. The first-order valence-corrected chi connectivity index (χ1v) is 13.1. The van der Waals surface area contributed by atoms with Gasteiger partial charge in [0, 0.05) is 12.7 Å². The van der Waals surface area contributed by atoms with Crippen molar-refractivity contribution in [2.24, 2.45) is 11.8 Å². The van der Waals surface area contributed by atoms with Crippen molar-refractivity contribution in [1.82, 2.24) is 0 Å². The Kier molecular flexibility index (Phi) is 9.28. The van der Waals surface area contributed by atoms with Crippen molar-refractivity contribution < 1.29 is 40.6 Å². The summed E-state index contributed by atoms with van der Waals surface area (Å²) in [6, 6.07) is 5.94. The topological polar surface area (TPSA) is 27.7 Å². The van der Waals surface area contributed by atoms with Gasteiger partial charge in [0.25, 0.3) is 0 Å². The molecule has 0 N–H and O–H groups in total. The second-order valence-electron chi connectivity index (χ2n) is 10.2. The highest BCUT2D eigenvalue weighted by Gasteiger charge is 2.39. The van der Waals surface area contributed by atoms with E-state index in [2.05, 4.69) is 16.4 Å². The van der Waals surface area contributed by atoms with Crippen LogP contribution >= 0.6 is 0 Å². The first kappa shape index (κ1) is 28.3. The third-order valence-corrected chi connectivity index (χ3v) is 7.60. The first-order chi connectivity index (χ1) is 18.2. The van der Waals surface area contributed by atoms with Crippen LogP contribution < -0.4 is 9.47 Å². The monoisotopic (exact) mass is 542 g/mol. The number of ether oxygens (including phenoxy) is 3. The Hall–Kier alpha value is -2.68. The third-order valence-electron chi connectivity index (χ3n) is 7.60. The maximum absolute atomic E-state index is 14.8. The molecule has 2 aromatic rings. The van der Waals surface area contributed by atoms with Crippen LogP contribution in [0.4, 0.5) is 26.3 Å². The molecule has 208 valence electrons. The Morgan fingerprint density at radius 2 is 1.74 bits per heavy atom. The molecule has 0 amide bonds. The Balaban J connectivity index is 1.35. The Bertz CT molecular complexity index is 1100. The van der Waals surface area contributed by atoms with Crippen molar-refractivity contribution in [3.8, 4) is 11.5 Å². The predicted molar refractivity (Wildman–Crippen MR) is 130 cm³/mol. The summed E-state index contributed by atoms with van der Waals surface area (Å²) in [5.41, 5.74) is -0.316. The number of benzene rings is 2.